The van der Waals surface area contributed by atoms with Crippen LogP contribution in [0.2, 0.25) is 0 Å². The van der Waals surface area contributed by atoms with E-state index >= 15 is 4.79 Å². The minimum atomic E-state index is -0.609. The van der Waals surface area contributed by atoms with Gasteiger partial charge in [0, 0.05) is 5.41 Å². The zero-order chi connectivity index (χ0) is 47.2. The van der Waals surface area contributed by atoms with Crippen molar-refractivity contribution < 1.29 is 24.5 Å². The first-order valence-corrected chi connectivity index (χ1v) is 27.5. The maximum atomic E-state index is 15.6. The van der Waals surface area contributed by atoms with E-state index in [-0.39, 0.29) is 84.2 Å². The van der Waals surface area contributed by atoms with Crippen LogP contribution >= 0.6 is 0 Å². The lowest BCUT2D eigenvalue weighted by atomic mass is 9.33. The third-order valence-electron chi connectivity index (χ3n) is 26.3. The molecule has 0 bridgehead atoms. The molecule has 0 saturated heterocycles. The summed E-state index contributed by atoms with van der Waals surface area (Å²) >= 11 is 0. The number of carboxylic acids is 1. The number of hydrogen-bond acceptors (Lipinski definition) is 4. The minimum Gasteiger partial charge on any atom is -0.481 e. The molecule has 0 aliphatic heterocycles. The maximum Gasteiger partial charge on any atom is 0.312 e. The number of fused-ring (bicyclic) bond motifs is 14. The van der Waals surface area contributed by atoms with Gasteiger partial charge in [0.2, 0.25) is 0 Å². The Morgan fingerprint density at radius 3 is 1.45 bits per heavy atom. The van der Waals surface area contributed by atoms with E-state index in [1.807, 2.05) is 0 Å². The average molecular weight is 895 g/mol. The third-order valence-corrected chi connectivity index (χ3v) is 26.3. The number of rotatable bonds is 3. The molecular weight excluding hydrogens is 801 g/mol. The molecule has 0 aromatic rings. The van der Waals surface area contributed by atoms with Crippen molar-refractivity contribution in [2.75, 3.05) is 0 Å². The summed E-state index contributed by atoms with van der Waals surface area (Å²) < 4.78 is 7.25. The zero-order valence-corrected chi connectivity index (χ0v) is 44.0. The minimum absolute atomic E-state index is 0.00419. The lowest BCUT2D eigenvalue weighted by molar-refractivity contribution is -0.224. The molecule has 8 saturated carbocycles. The fourth-order valence-corrected chi connectivity index (χ4v) is 21.7. The first kappa shape index (κ1) is 47.1. The van der Waals surface area contributed by atoms with Gasteiger partial charge in [-0.3, -0.25) is 9.59 Å². The smallest absolute Gasteiger partial charge is 0.312 e. The topological polar surface area (TPSA) is 83.8 Å². The largest absolute Gasteiger partial charge is 0.481 e. The Morgan fingerprint density at radius 1 is 0.508 bits per heavy atom. The zero-order valence-electron chi connectivity index (χ0n) is 44.0. The molecule has 0 aromatic heterocycles. The van der Waals surface area contributed by atoms with E-state index in [0.717, 1.165) is 116 Å². The highest BCUT2D eigenvalue weighted by molar-refractivity contribution is 5.79. The normalized spacial score (nSPS) is 53.3. The summed E-state index contributed by atoms with van der Waals surface area (Å²) in [7, 11) is 0. The van der Waals surface area contributed by atoms with Gasteiger partial charge in [-0.25, -0.2) is 0 Å². The molecule has 3 unspecified atom stereocenters. The van der Waals surface area contributed by atoms with Crippen LogP contribution in [0.1, 0.15) is 225 Å². The second kappa shape index (κ2) is 14.0. The van der Waals surface area contributed by atoms with Gasteiger partial charge in [0.25, 0.3) is 0 Å². The highest BCUT2D eigenvalue weighted by atomic mass is 16.5. The van der Waals surface area contributed by atoms with Crippen molar-refractivity contribution in [2.24, 2.45) is 100 Å². The molecule has 10 aliphatic rings. The molecular formula is C60H94O5. The Morgan fingerprint density at radius 2 is 0.938 bits per heavy atom. The van der Waals surface area contributed by atoms with Crippen LogP contribution in [0, 0.1) is 100 Å². The van der Waals surface area contributed by atoms with Crippen LogP contribution < -0.4 is 0 Å². The van der Waals surface area contributed by atoms with Gasteiger partial charge >= 0.3 is 11.9 Å². The average Bonchev–Trinajstić information content (AvgIpc) is 3.20. The second-order valence-electron chi connectivity index (χ2n) is 30.2. The molecule has 5 nitrogen and oxygen atoms in total. The van der Waals surface area contributed by atoms with Crippen molar-refractivity contribution in [2.45, 2.75) is 238 Å². The van der Waals surface area contributed by atoms with E-state index in [2.05, 4.69) is 109 Å². The van der Waals surface area contributed by atoms with Crippen molar-refractivity contribution in [1.29, 1.82) is 0 Å². The number of hydrogen-bond donors (Lipinski definition) is 2. The van der Waals surface area contributed by atoms with Crippen LogP contribution in [0.4, 0.5) is 0 Å². The molecule has 10 rings (SSSR count). The van der Waals surface area contributed by atoms with Gasteiger partial charge in [-0.2, -0.15) is 0 Å². The molecule has 0 heterocycles. The molecule has 10 aliphatic carbocycles. The van der Waals surface area contributed by atoms with Gasteiger partial charge in [0.05, 0.1) is 16.9 Å². The van der Waals surface area contributed by atoms with E-state index in [1.165, 1.54) is 18.4 Å². The van der Waals surface area contributed by atoms with Gasteiger partial charge in [0.15, 0.2) is 0 Å². The van der Waals surface area contributed by atoms with Crippen molar-refractivity contribution in [3.05, 3.63) is 23.3 Å². The standard InChI is InChI=1S/C60H94O5/c1-49(2)27-31-59(47(62)63)33-29-55(11)37(39(59)35-49)15-17-44-54(10)24-22-46(52(7,8)42(54)20-26-58(44,55)14)65-48(64)60-32-28-50(3,4)36-40(60)38-16-18-43-53(9)23-21-45(61)51(5,6)41(53)19-25-57(43,13)56(38,12)30-34-60/h15-16,39-46,61H,17-36H2,1-14H3,(H,62,63)/t39-,40+,41?,42-,43?,44+,45?,46-,53-,54-,55+,56+,57+,58+,59-,60-/m0/s1. The predicted molar refractivity (Wildman–Crippen MR) is 262 cm³/mol. The van der Waals surface area contributed by atoms with Gasteiger partial charge in [-0.05, 0) is 213 Å². The summed E-state index contributed by atoms with van der Waals surface area (Å²) in [5.41, 5.74) is 2.87. The fourth-order valence-electron chi connectivity index (χ4n) is 21.7. The summed E-state index contributed by atoms with van der Waals surface area (Å²) in [5.74, 6) is 2.05. The molecule has 5 heteroatoms. The first-order chi connectivity index (χ1) is 29.9. The Kier molecular flexibility index (Phi) is 10.2. The van der Waals surface area contributed by atoms with Gasteiger partial charge in [0.1, 0.15) is 6.10 Å². The summed E-state index contributed by atoms with van der Waals surface area (Å²) in [6.45, 7) is 35.0. The van der Waals surface area contributed by atoms with E-state index in [4.69, 9.17) is 4.74 Å². The number of allylic oxidation sites excluding steroid dienone is 4. The number of carbonyl (C=O) groups is 2. The van der Waals surface area contributed by atoms with Crippen molar-refractivity contribution >= 4 is 11.9 Å². The Hall–Kier alpha value is -1.62. The quantitative estimate of drug-likeness (QED) is 0.218. The third kappa shape index (κ3) is 5.90. The number of aliphatic carboxylic acids is 1. The number of aliphatic hydroxyl groups excluding tert-OH is 1. The molecule has 2 N–H and O–H groups in total. The van der Waals surface area contributed by atoms with Crippen LogP contribution in [0.5, 0.6) is 0 Å². The number of carbonyl (C=O) groups excluding carboxylic acids is 1. The second-order valence-corrected chi connectivity index (χ2v) is 30.2. The molecule has 0 radical (unpaired) electrons. The molecule has 16 atom stereocenters. The maximum absolute atomic E-state index is 15.6. The summed E-state index contributed by atoms with van der Waals surface area (Å²) in [6.07, 6.45) is 25.6. The summed E-state index contributed by atoms with van der Waals surface area (Å²) in [5, 5.41) is 22.1. The van der Waals surface area contributed by atoms with Gasteiger partial charge in [-0.15, -0.1) is 0 Å². The monoisotopic (exact) mass is 895 g/mol. The van der Waals surface area contributed by atoms with Crippen LogP contribution in [0.25, 0.3) is 0 Å². The Labute approximate surface area is 396 Å². The number of esters is 1. The van der Waals surface area contributed by atoms with Gasteiger partial charge in [-0.1, -0.05) is 120 Å². The van der Waals surface area contributed by atoms with Crippen molar-refractivity contribution in [1.82, 2.24) is 0 Å². The number of carboxylic acid groups (broad SMARTS) is 1. The first-order valence-electron chi connectivity index (χ1n) is 27.5. The lowest BCUT2D eigenvalue weighted by Gasteiger charge is -2.71. The molecule has 8 fully saturated rings. The van der Waals surface area contributed by atoms with E-state index in [9.17, 15) is 15.0 Å². The molecule has 364 valence electrons. The van der Waals surface area contributed by atoms with Crippen LogP contribution in [0.15, 0.2) is 23.3 Å². The van der Waals surface area contributed by atoms with Crippen molar-refractivity contribution in [3.63, 3.8) is 0 Å². The molecule has 0 spiro atoms. The highest BCUT2D eigenvalue weighted by Crippen LogP contribution is 2.78. The molecule has 65 heavy (non-hydrogen) atoms. The summed E-state index contributed by atoms with van der Waals surface area (Å²) in [4.78, 5) is 28.9. The predicted octanol–water partition coefficient (Wildman–Crippen LogP) is 14.9. The van der Waals surface area contributed by atoms with Crippen LogP contribution in [-0.4, -0.2) is 34.4 Å². The molecule has 0 aromatic carbocycles. The molecule has 0 amide bonds. The Bertz CT molecular complexity index is 2070. The van der Waals surface area contributed by atoms with Crippen LogP contribution in [0.3, 0.4) is 0 Å². The SMILES string of the molecule is CC1(C)CC[C@]2(C(=O)O[C@H]3CC[C@]4(C)[C@H]5CC=C6[C@@H]7CC(C)(C)CC[C@]7(C(=O)O)CC[C@@]6(C)[C@]5(C)CC[C@H]4C3(C)C)CC[C@]3(C)C(=CCC4[C@@]5(C)CCC(O)C(C)(C)C5CC[C@]43C)[C@H]2C1. The van der Waals surface area contributed by atoms with Crippen molar-refractivity contribution in [3.8, 4) is 0 Å². The fraction of sp³-hybridized carbons (Fsp3) is 0.900. The van der Waals surface area contributed by atoms with E-state index < -0.39 is 16.8 Å². The lowest BCUT2D eigenvalue weighted by Crippen LogP contribution is -2.66. The highest BCUT2D eigenvalue weighted by Gasteiger charge is 2.72. The van der Waals surface area contributed by atoms with Gasteiger partial charge < -0.3 is 14.9 Å². The number of aliphatic hydroxyl groups is 1. The van der Waals surface area contributed by atoms with E-state index in [0.29, 0.717) is 23.7 Å². The Balaban J connectivity index is 0.927. The van der Waals surface area contributed by atoms with Crippen LogP contribution in [-0.2, 0) is 14.3 Å². The number of ether oxygens (including phenoxy) is 1. The van der Waals surface area contributed by atoms with E-state index in [1.54, 1.807) is 5.57 Å². The summed E-state index contributed by atoms with van der Waals surface area (Å²) in [6, 6.07) is 0.